The lowest BCUT2D eigenvalue weighted by atomic mass is 9.59. The molecule has 1 saturated carbocycles. The number of fused-ring (bicyclic) bond motifs is 2. The molecule has 5 rings (SSSR count). The Morgan fingerprint density at radius 1 is 1.14 bits per heavy atom. The first-order valence-electron chi connectivity index (χ1n) is 12.4. The van der Waals surface area contributed by atoms with Crippen LogP contribution in [0.3, 0.4) is 0 Å². The third-order valence-electron chi connectivity index (χ3n) is 8.67. The van der Waals surface area contributed by atoms with Crippen LogP contribution in [0.2, 0.25) is 0 Å². The van der Waals surface area contributed by atoms with E-state index in [0.717, 1.165) is 5.56 Å². The molecule has 7 heteroatoms. The summed E-state index contributed by atoms with van der Waals surface area (Å²) in [5.74, 6) is -1.65. The zero-order chi connectivity index (χ0) is 25.1. The molecule has 3 fully saturated rings. The van der Waals surface area contributed by atoms with Crippen LogP contribution >= 0.6 is 0 Å². The summed E-state index contributed by atoms with van der Waals surface area (Å²) in [4.78, 5) is 39.5. The lowest BCUT2D eigenvalue weighted by molar-refractivity contribution is -0.181. The van der Waals surface area contributed by atoms with Gasteiger partial charge in [-0.1, -0.05) is 44.2 Å². The Kier molecular flexibility index (Phi) is 5.66. The minimum absolute atomic E-state index is 0.00737. The van der Waals surface area contributed by atoms with E-state index in [9.17, 15) is 19.5 Å². The molecule has 1 aromatic rings. The highest BCUT2D eigenvalue weighted by molar-refractivity contribution is 5.97. The highest BCUT2D eigenvalue weighted by Gasteiger charge is 2.78. The first-order valence-corrected chi connectivity index (χ1v) is 12.4. The number of rotatable bonds is 2. The van der Waals surface area contributed by atoms with E-state index in [2.05, 4.69) is 19.2 Å². The van der Waals surface area contributed by atoms with Crippen LogP contribution in [0, 0.1) is 23.7 Å². The molecule has 1 aromatic carbocycles. The fourth-order valence-corrected chi connectivity index (χ4v) is 6.51. The number of esters is 1. The van der Waals surface area contributed by atoms with Gasteiger partial charge in [-0.2, -0.15) is 0 Å². The van der Waals surface area contributed by atoms with E-state index in [-0.39, 0.29) is 53.8 Å². The summed E-state index contributed by atoms with van der Waals surface area (Å²) >= 11 is 0. The Bertz CT molecular complexity index is 1120. The number of aromatic hydroxyl groups is 1. The van der Waals surface area contributed by atoms with Gasteiger partial charge in [0.25, 0.3) is 5.91 Å². The maximum Gasteiger partial charge on any atom is 0.310 e. The molecule has 1 spiro atoms. The van der Waals surface area contributed by atoms with Gasteiger partial charge in [0.1, 0.15) is 5.75 Å². The molecule has 7 nitrogen and oxygen atoms in total. The molecule has 8 atom stereocenters. The Morgan fingerprint density at radius 2 is 1.86 bits per heavy atom. The summed E-state index contributed by atoms with van der Waals surface area (Å²) in [5, 5.41) is 12.8. The maximum absolute atomic E-state index is 13.8. The van der Waals surface area contributed by atoms with E-state index in [1.54, 1.807) is 25.1 Å². The molecule has 1 aliphatic carbocycles. The van der Waals surface area contributed by atoms with Gasteiger partial charge in [0.2, 0.25) is 5.60 Å². The summed E-state index contributed by atoms with van der Waals surface area (Å²) in [6.45, 7) is 7.73. The van der Waals surface area contributed by atoms with E-state index < -0.39 is 23.1 Å². The molecule has 2 N–H and O–H groups in total. The molecule has 4 aliphatic rings. The van der Waals surface area contributed by atoms with Crippen LogP contribution in [0.1, 0.15) is 46.1 Å². The van der Waals surface area contributed by atoms with Gasteiger partial charge < -0.3 is 19.9 Å². The highest BCUT2D eigenvalue weighted by Crippen LogP contribution is 2.63. The van der Waals surface area contributed by atoms with Crippen molar-refractivity contribution < 1.29 is 29.0 Å². The van der Waals surface area contributed by atoms with Crippen molar-refractivity contribution >= 4 is 17.7 Å². The van der Waals surface area contributed by atoms with Gasteiger partial charge in [0, 0.05) is 17.9 Å². The maximum atomic E-state index is 13.8. The van der Waals surface area contributed by atoms with Crippen LogP contribution < -0.4 is 5.32 Å². The first-order chi connectivity index (χ1) is 16.6. The van der Waals surface area contributed by atoms with E-state index in [1.807, 2.05) is 31.2 Å². The number of epoxide rings is 1. The van der Waals surface area contributed by atoms with Gasteiger partial charge in [0.05, 0.1) is 24.0 Å². The van der Waals surface area contributed by atoms with Gasteiger partial charge in [-0.15, -0.1) is 0 Å². The first kappa shape index (κ1) is 23.8. The lowest BCUT2D eigenvalue weighted by Gasteiger charge is -2.46. The summed E-state index contributed by atoms with van der Waals surface area (Å²) in [7, 11) is 0. The van der Waals surface area contributed by atoms with Crippen molar-refractivity contribution in [2.24, 2.45) is 23.7 Å². The Morgan fingerprint density at radius 3 is 2.57 bits per heavy atom. The second-order valence-corrected chi connectivity index (χ2v) is 10.8. The van der Waals surface area contributed by atoms with Gasteiger partial charge in [-0.25, -0.2) is 0 Å². The smallest absolute Gasteiger partial charge is 0.310 e. The number of phenols is 1. The second-order valence-electron chi connectivity index (χ2n) is 10.8. The van der Waals surface area contributed by atoms with E-state index in [0.29, 0.717) is 18.4 Å². The number of carbonyl (C=O) groups excluding carboxylic acids is 3. The largest absolute Gasteiger partial charge is 0.508 e. The summed E-state index contributed by atoms with van der Waals surface area (Å²) in [5.41, 5.74) is -0.308. The number of carbonyl (C=O) groups is 3. The van der Waals surface area contributed by atoms with Crippen LogP contribution in [0.15, 0.2) is 48.1 Å². The van der Waals surface area contributed by atoms with Crippen molar-refractivity contribution in [1.82, 2.24) is 5.32 Å². The van der Waals surface area contributed by atoms with Crippen molar-refractivity contribution in [3.8, 4) is 5.75 Å². The Balaban J connectivity index is 1.57. The molecule has 3 aliphatic heterocycles. The molecule has 0 bridgehead atoms. The number of phenolic OH excluding ortho intramolecular Hbond substituents is 1. The molecular formula is C28H33NO6. The van der Waals surface area contributed by atoms with Crippen LogP contribution in [-0.4, -0.2) is 46.1 Å². The molecule has 3 heterocycles. The van der Waals surface area contributed by atoms with Gasteiger partial charge >= 0.3 is 5.97 Å². The topological polar surface area (TPSA) is 105 Å². The molecule has 35 heavy (non-hydrogen) atoms. The number of benzene rings is 1. The van der Waals surface area contributed by atoms with E-state index >= 15 is 0 Å². The minimum atomic E-state index is -1.39. The summed E-state index contributed by atoms with van der Waals surface area (Å²) in [6, 6.07) is 6.68. The van der Waals surface area contributed by atoms with E-state index in [1.165, 1.54) is 0 Å². The van der Waals surface area contributed by atoms with Gasteiger partial charge in [-0.3, -0.25) is 14.4 Å². The molecule has 2 saturated heterocycles. The number of allylic oxidation sites excluding steroid dienone is 2. The van der Waals surface area contributed by atoms with Crippen molar-refractivity contribution in [3.63, 3.8) is 0 Å². The van der Waals surface area contributed by atoms with Gasteiger partial charge in [-0.05, 0) is 55.9 Å². The van der Waals surface area contributed by atoms with Crippen LogP contribution in [-0.2, 0) is 30.3 Å². The Labute approximate surface area is 205 Å². The van der Waals surface area contributed by atoms with Crippen LogP contribution in [0.5, 0.6) is 5.75 Å². The molecular weight excluding hydrogens is 446 g/mol. The predicted molar refractivity (Wildman–Crippen MR) is 128 cm³/mol. The average Bonchev–Trinajstić information content (AvgIpc) is 3.44. The minimum Gasteiger partial charge on any atom is -0.508 e. The van der Waals surface area contributed by atoms with Crippen molar-refractivity contribution in [2.75, 3.05) is 0 Å². The van der Waals surface area contributed by atoms with Crippen LogP contribution in [0.4, 0.5) is 0 Å². The summed E-state index contributed by atoms with van der Waals surface area (Å²) < 4.78 is 12.4. The molecule has 0 unspecified atom stereocenters. The molecule has 1 amide bonds. The van der Waals surface area contributed by atoms with E-state index in [4.69, 9.17) is 9.47 Å². The fourth-order valence-electron chi connectivity index (χ4n) is 6.51. The van der Waals surface area contributed by atoms with Crippen LogP contribution in [0.25, 0.3) is 0 Å². The van der Waals surface area contributed by atoms with Crippen molar-refractivity contribution in [3.05, 3.63) is 53.6 Å². The SMILES string of the molecule is CC1=CCC(=O)O[C@@]23C(=O)N[C@@H](Cc4ccc(O)cc4)[C@@H]2[C@H](C)[C@@]2(C)O[C@H]2[C@@H]3C=CC[C@H](C)C1=O. The summed E-state index contributed by atoms with van der Waals surface area (Å²) in [6.07, 6.45) is 6.25. The monoisotopic (exact) mass is 479 g/mol. The quantitative estimate of drug-likeness (QED) is 0.383. The number of amides is 1. The molecule has 186 valence electrons. The standard InChI is InChI=1S/C28H33NO6/c1-15-6-5-7-20-25-27(4,35-25)17(3)23-21(14-18-9-11-19(30)12-10-18)29-26(33)28(20,23)34-22(31)13-8-16(2)24(15)32/h5,7-12,15,17,20-21,23,25,30H,6,13-14H2,1-4H3,(H,29,33)/t15-,17-,20-,21-,23-,25-,27+,28+/m0/s1. The lowest BCUT2D eigenvalue weighted by Crippen LogP contribution is -2.61. The Hall–Kier alpha value is -2.93. The third-order valence-corrected chi connectivity index (χ3v) is 8.67. The number of ether oxygens (including phenoxy) is 2. The highest BCUT2D eigenvalue weighted by atomic mass is 16.6. The number of Topliss-reactive ketones (excluding diaryl/α,β-unsaturated/α-hetero) is 1. The zero-order valence-electron chi connectivity index (χ0n) is 20.6. The third kappa shape index (κ3) is 3.71. The number of ketones is 1. The van der Waals surface area contributed by atoms with Crippen molar-refractivity contribution in [1.29, 1.82) is 0 Å². The normalized spacial score (nSPS) is 40.8. The van der Waals surface area contributed by atoms with Gasteiger partial charge in [0.15, 0.2) is 5.78 Å². The second kappa shape index (κ2) is 8.33. The molecule has 0 aromatic heterocycles. The fraction of sp³-hybridized carbons (Fsp3) is 0.536. The predicted octanol–water partition coefficient (Wildman–Crippen LogP) is 3.26. The van der Waals surface area contributed by atoms with Crippen molar-refractivity contribution in [2.45, 2.75) is 70.3 Å². The number of nitrogens with one attached hydrogen (secondary N) is 1. The average molecular weight is 480 g/mol. The number of hydrogen-bond donors (Lipinski definition) is 2. The number of hydrogen-bond acceptors (Lipinski definition) is 6. The zero-order valence-corrected chi connectivity index (χ0v) is 20.6. The molecule has 0 radical (unpaired) electrons.